The summed E-state index contributed by atoms with van der Waals surface area (Å²) < 4.78 is 10.6. The molecule has 2 unspecified atom stereocenters. The van der Waals surface area contributed by atoms with Crippen molar-refractivity contribution < 1.29 is 19.1 Å². The Hall–Kier alpha value is -1.32. The van der Waals surface area contributed by atoms with Crippen molar-refractivity contribution in [2.45, 2.75) is 26.7 Å². The standard InChI is InChI=1S/C13H18O4/c1-13(2)7-16-11(14)9-5-3-4-6-10(9)12(15)17-8-13/h3-4,9-10H,5-8H2,1-2H3. The molecule has 1 fully saturated rings. The number of rotatable bonds is 0. The van der Waals surface area contributed by atoms with E-state index in [1.807, 2.05) is 26.0 Å². The summed E-state index contributed by atoms with van der Waals surface area (Å²) in [5.41, 5.74) is -0.313. The van der Waals surface area contributed by atoms with Crippen LogP contribution in [-0.2, 0) is 19.1 Å². The second-order valence-corrected chi connectivity index (χ2v) is 5.54. The summed E-state index contributed by atoms with van der Waals surface area (Å²) in [4.78, 5) is 23.8. The van der Waals surface area contributed by atoms with Gasteiger partial charge in [0.1, 0.15) is 0 Å². The molecule has 0 saturated carbocycles. The normalized spacial score (nSPS) is 32.6. The third-order valence-corrected chi connectivity index (χ3v) is 3.25. The quantitative estimate of drug-likeness (QED) is 0.476. The molecular weight excluding hydrogens is 220 g/mol. The number of allylic oxidation sites excluding steroid dienone is 2. The van der Waals surface area contributed by atoms with Crippen molar-refractivity contribution in [2.24, 2.45) is 17.3 Å². The van der Waals surface area contributed by atoms with Crippen LogP contribution in [0.3, 0.4) is 0 Å². The van der Waals surface area contributed by atoms with Gasteiger partial charge in [0, 0.05) is 5.41 Å². The van der Waals surface area contributed by atoms with Gasteiger partial charge < -0.3 is 9.47 Å². The number of hydrogen-bond donors (Lipinski definition) is 0. The third kappa shape index (κ3) is 2.68. The minimum atomic E-state index is -0.374. The molecule has 1 aliphatic carbocycles. The molecule has 0 bridgehead atoms. The molecule has 0 spiro atoms. The lowest BCUT2D eigenvalue weighted by Crippen LogP contribution is -2.32. The molecule has 2 rings (SSSR count). The number of fused-ring (bicyclic) bond motifs is 1. The Balaban J connectivity index is 2.21. The van der Waals surface area contributed by atoms with E-state index < -0.39 is 0 Å². The number of carbonyl (C=O) groups excluding carboxylic acids is 2. The molecule has 1 heterocycles. The van der Waals surface area contributed by atoms with E-state index in [-0.39, 0.29) is 29.2 Å². The first-order valence-electron chi connectivity index (χ1n) is 5.98. The van der Waals surface area contributed by atoms with E-state index in [0.29, 0.717) is 26.1 Å². The van der Waals surface area contributed by atoms with E-state index in [1.54, 1.807) is 0 Å². The average molecular weight is 238 g/mol. The predicted molar refractivity (Wildman–Crippen MR) is 61.1 cm³/mol. The fraction of sp³-hybridized carbons (Fsp3) is 0.692. The molecule has 2 aliphatic rings. The van der Waals surface area contributed by atoms with Gasteiger partial charge >= 0.3 is 11.9 Å². The Morgan fingerprint density at radius 1 is 1.00 bits per heavy atom. The van der Waals surface area contributed by atoms with Crippen LogP contribution in [-0.4, -0.2) is 25.2 Å². The Labute approximate surface area is 101 Å². The van der Waals surface area contributed by atoms with E-state index >= 15 is 0 Å². The Morgan fingerprint density at radius 2 is 1.41 bits per heavy atom. The smallest absolute Gasteiger partial charge is 0.310 e. The van der Waals surface area contributed by atoms with E-state index in [1.165, 1.54) is 0 Å². The molecule has 0 radical (unpaired) electrons. The Kier molecular flexibility index (Phi) is 3.22. The van der Waals surface area contributed by atoms with Crippen LogP contribution < -0.4 is 0 Å². The predicted octanol–water partition coefficient (Wildman–Crippen LogP) is 1.70. The average Bonchev–Trinajstić information content (AvgIpc) is 2.36. The SMILES string of the molecule is CC1(C)COC(=O)C2CC=CCC2C(=O)OC1. The molecule has 4 nitrogen and oxygen atoms in total. The summed E-state index contributed by atoms with van der Waals surface area (Å²) in [5, 5.41) is 0. The number of esters is 2. The van der Waals surface area contributed by atoms with Crippen molar-refractivity contribution in [3.8, 4) is 0 Å². The summed E-state index contributed by atoms with van der Waals surface area (Å²) in [7, 11) is 0. The fourth-order valence-corrected chi connectivity index (χ4v) is 2.12. The van der Waals surface area contributed by atoms with Gasteiger partial charge in [-0.15, -0.1) is 0 Å². The summed E-state index contributed by atoms with van der Waals surface area (Å²) in [5.74, 6) is -1.29. The first-order valence-corrected chi connectivity index (χ1v) is 5.98. The maximum Gasteiger partial charge on any atom is 0.310 e. The molecule has 0 aromatic heterocycles. The fourth-order valence-electron chi connectivity index (χ4n) is 2.12. The van der Waals surface area contributed by atoms with Crippen LogP contribution in [0.2, 0.25) is 0 Å². The van der Waals surface area contributed by atoms with Crippen LogP contribution in [0.1, 0.15) is 26.7 Å². The first-order chi connectivity index (χ1) is 7.99. The largest absolute Gasteiger partial charge is 0.465 e. The molecule has 94 valence electrons. The molecule has 17 heavy (non-hydrogen) atoms. The monoisotopic (exact) mass is 238 g/mol. The van der Waals surface area contributed by atoms with E-state index in [0.717, 1.165) is 0 Å². The third-order valence-electron chi connectivity index (χ3n) is 3.25. The van der Waals surface area contributed by atoms with Crippen LogP contribution in [0, 0.1) is 17.3 Å². The molecular formula is C13H18O4. The van der Waals surface area contributed by atoms with Crippen LogP contribution in [0.15, 0.2) is 12.2 Å². The zero-order chi connectivity index (χ0) is 12.5. The van der Waals surface area contributed by atoms with Gasteiger partial charge in [-0.2, -0.15) is 0 Å². The van der Waals surface area contributed by atoms with Gasteiger partial charge in [0.25, 0.3) is 0 Å². The highest BCUT2D eigenvalue weighted by molar-refractivity contribution is 5.83. The molecule has 4 heteroatoms. The topological polar surface area (TPSA) is 52.6 Å². The lowest BCUT2D eigenvalue weighted by Gasteiger charge is -2.23. The minimum Gasteiger partial charge on any atom is -0.465 e. The van der Waals surface area contributed by atoms with E-state index in [2.05, 4.69) is 0 Å². The second kappa shape index (κ2) is 4.51. The van der Waals surface area contributed by atoms with Crippen LogP contribution in [0.5, 0.6) is 0 Å². The van der Waals surface area contributed by atoms with Crippen molar-refractivity contribution in [3.05, 3.63) is 12.2 Å². The second-order valence-electron chi connectivity index (χ2n) is 5.54. The van der Waals surface area contributed by atoms with Crippen molar-refractivity contribution in [3.63, 3.8) is 0 Å². The summed E-state index contributed by atoms with van der Waals surface area (Å²) in [6.07, 6.45) is 5.00. The van der Waals surface area contributed by atoms with Gasteiger partial charge in [-0.05, 0) is 12.8 Å². The zero-order valence-corrected chi connectivity index (χ0v) is 10.3. The van der Waals surface area contributed by atoms with Gasteiger partial charge in [0.15, 0.2) is 0 Å². The van der Waals surface area contributed by atoms with Gasteiger partial charge in [-0.3, -0.25) is 9.59 Å². The maximum atomic E-state index is 11.9. The van der Waals surface area contributed by atoms with Crippen molar-refractivity contribution in [2.75, 3.05) is 13.2 Å². The molecule has 1 aliphatic heterocycles. The molecule has 2 atom stereocenters. The molecule has 0 aromatic carbocycles. The van der Waals surface area contributed by atoms with Gasteiger partial charge in [0.05, 0.1) is 25.0 Å². The highest BCUT2D eigenvalue weighted by Crippen LogP contribution is 2.31. The van der Waals surface area contributed by atoms with E-state index in [4.69, 9.17) is 9.47 Å². The van der Waals surface area contributed by atoms with Crippen molar-refractivity contribution in [1.82, 2.24) is 0 Å². The summed E-state index contributed by atoms with van der Waals surface area (Å²) in [6.45, 7) is 4.43. The van der Waals surface area contributed by atoms with Crippen molar-refractivity contribution >= 4 is 11.9 Å². The zero-order valence-electron chi connectivity index (χ0n) is 10.3. The number of cyclic esters (lactones) is 2. The minimum absolute atomic E-state index is 0.272. The van der Waals surface area contributed by atoms with Gasteiger partial charge in [-0.1, -0.05) is 26.0 Å². The molecule has 1 saturated heterocycles. The number of ether oxygens (including phenoxy) is 2. The molecule has 0 amide bonds. The number of hydrogen-bond acceptors (Lipinski definition) is 4. The van der Waals surface area contributed by atoms with E-state index in [9.17, 15) is 9.59 Å². The molecule has 0 N–H and O–H groups in total. The number of carbonyl (C=O) groups is 2. The summed E-state index contributed by atoms with van der Waals surface area (Å²) >= 11 is 0. The lowest BCUT2D eigenvalue weighted by molar-refractivity contribution is -0.157. The first kappa shape index (κ1) is 12.1. The Morgan fingerprint density at radius 3 is 1.82 bits per heavy atom. The highest BCUT2D eigenvalue weighted by Gasteiger charge is 2.39. The van der Waals surface area contributed by atoms with Crippen LogP contribution in [0.4, 0.5) is 0 Å². The van der Waals surface area contributed by atoms with Crippen LogP contribution in [0.25, 0.3) is 0 Å². The summed E-state index contributed by atoms with van der Waals surface area (Å²) in [6, 6.07) is 0. The van der Waals surface area contributed by atoms with Crippen molar-refractivity contribution in [1.29, 1.82) is 0 Å². The van der Waals surface area contributed by atoms with Crippen LogP contribution >= 0.6 is 0 Å². The van der Waals surface area contributed by atoms with Gasteiger partial charge in [0.2, 0.25) is 0 Å². The van der Waals surface area contributed by atoms with Gasteiger partial charge in [-0.25, -0.2) is 0 Å². The lowest BCUT2D eigenvalue weighted by atomic mass is 9.83. The maximum absolute atomic E-state index is 11.9. The highest BCUT2D eigenvalue weighted by atomic mass is 16.6. The molecule has 0 aromatic rings. The Bertz CT molecular complexity index is 324.